The van der Waals surface area contributed by atoms with Gasteiger partial charge < -0.3 is 25.0 Å². The molecule has 3 rings (SSSR count). The zero-order valence-corrected chi connectivity index (χ0v) is 15.4. The van der Waals surface area contributed by atoms with Gasteiger partial charge in [-0.05, 0) is 30.7 Å². The molecule has 8 nitrogen and oxygen atoms in total. The Hall–Kier alpha value is -2.42. The number of nitrogens with zero attached hydrogens (tertiary/aromatic N) is 4. The summed E-state index contributed by atoms with van der Waals surface area (Å²) in [6.07, 6.45) is -0.525. The quantitative estimate of drug-likeness (QED) is 0.762. The van der Waals surface area contributed by atoms with E-state index in [0.29, 0.717) is 17.4 Å². The molecule has 0 bridgehead atoms. The molecule has 2 atom stereocenters. The Bertz CT molecular complexity index is 787. The SMILES string of the molecule is CC(C)c1ccc(NC(=O)Cn2cnc3c2C(O)N(C)C(O)N3C)cc1. The number of aliphatic hydroxyl groups excluding tert-OH is 2. The largest absolute Gasteiger partial charge is 0.372 e. The number of fused-ring (bicyclic) bond motifs is 1. The second-order valence-corrected chi connectivity index (χ2v) is 6.90. The molecule has 26 heavy (non-hydrogen) atoms. The molecule has 0 saturated heterocycles. The van der Waals surface area contributed by atoms with Crippen LogP contribution in [0.15, 0.2) is 30.6 Å². The highest BCUT2D eigenvalue weighted by molar-refractivity contribution is 5.90. The van der Waals surface area contributed by atoms with Crippen molar-refractivity contribution < 1.29 is 15.0 Å². The average Bonchev–Trinajstić information content (AvgIpc) is 3.02. The van der Waals surface area contributed by atoms with E-state index < -0.39 is 12.6 Å². The first-order valence-electron chi connectivity index (χ1n) is 8.55. The fourth-order valence-electron chi connectivity index (χ4n) is 3.05. The monoisotopic (exact) mass is 359 g/mol. The molecule has 0 saturated carbocycles. The molecule has 2 unspecified atom stereocenters. The summed E-state index contributed by atoms with van der Waals surface area (Å²) in [5, 5.41) is 23.3. The minimum atomic E-state index is -1.04. The number of aliphatic hydroxyl groups is 2. The molecule has 140 valence electrons. The van der Waals surface area contributed by atoms with Crippen LogP contribution < -0.4 is 10.2 Å². The van der Waals surface area contributed by atoms with Crippen molar-refractivity contribution in [2.45, 2.75) is 38.9 Å². The van der Waals surface area contributed by atoms with Gasteiger partial charge in [-0.1, -0.05) is 26.0 Å². The number of hydrogen-bond acceptors (Lipinski definition) is 6. The topological polar surface area (TPSA) is 93.9 Å². The van der Waals surface area contributed by atoms with E-state index in [1.165, 1.54) is 16.8 Å². The lowest BCUT2D eigenvalue weighted by molar-refractivity contribution is -0.117. The van der Waals surface area contributed by atoms with Gasteiger partial charge in [-0.2, -0.15) is 0 Å². The molecular formula is C18H25N5O3. The highest BCUT2D eigenvalue weighted by atomic mass is 16.3. The number of rotatable bonds is 4. The van der Waals surface area contributed by atoms with E-state index in [1.807, 2.05) is 24.3 Å². The molecule has 0 aliphatic carbocycles. The van der Waals surface area contributed by atoms with Crippen molar-refractivity contribution in [3.8, 4) is 0 Å². The van der Waals surface area contributed by atoms with E-state index in [4.69, 9.17) is 0 Å². The van der Waals surface area contributed by atoms with Gasteiger partial charge in [0, 0.05) is 12.7 Å². The van der Waals surface area contributed by atoms with E-state index in [1.54, 1.807) is 23.6 Å². The summed E-state index contributed by atoms with van der Waals surface area (Å²) in [6.45, 7) is 4.25. The van der Waals surface area contributed by atoms with Crippen LogP contribution in [0.3, 0.4) is 0 Å². The number of carbonyl (C=O) groups excluding carboxylic acids is 1. The summed E-state index contributed by atoms with van der Waals surface area (Å²) in [6, 6.07) is 7.75. The van der Waals surface area contributed by atoms with Gasteiger partial charge in [0.2, 0.25) is 5.91 Å². The number of carbonyl (C=O) groups is 1. The standard InChI is InChI=1S/C18H25N5O3/c1-11(2)12-5-7-13(8-6-12)20-14(24)9-23-10-19-16-15(23)17(25)22(4)18(26)21(16)3/h5-8,10-11,17-18,25-26H,9H2,1-4H3,(H,20,24). The molecule has 1 aromatic heterocycles. The third kappa shape index (κ3) is 3.31. The van der Waals surface area contributed by atoms with Crippen LogP contribution >= 0.6 is 0 Å². The smallest absolute Gasteiger partial charge is 0.244 e. The zero-order valence-electron chi connectivity index (χ0n) is 15.4. The van der Waals surface area contributed by atoms with Gasteiger partial charge in [0.1, 0.15) is 12.2 Å². The molecule has 0 fully saturated rings. The lowest BCUT2D eigenvalue weighted by Gasteiger charge is -2.39. The van der Waals surface area contributed by atoms with Crippen LogP contribution in [0, 0.1) is 0 Å². The first-order chi connectivity index (χ1) is 12.3. The van der Waals surface area contributed by atoms with Crippen molar-refractivity contribution in [2.75, 3.05) is 24.3 Å². The van der Waals surface area contributed by atoms with Crippen molar-refractivity contribution in [3.63, 3.8) is 0 Å². The highest BCUT2D eigenvalue weighted by Crippen LogP contribution is 2.33. The Balaban J connectivity index is 1.74. The summed E-state index contributed by atoms with van der Waals surface area (Å²) in [5.74, 6) is 0.673. The Morgan fingerprint density at radius 1 is 1.23 bits per heavy atom. The molecule has 1 aromatic carbocycles. The zero-order chi connectivity index (χ0) is 19.0. The Kier molecular flexibility index (Phi) is 4.99. The van der Waals surface area contributed by atoms with Crippen LogP contribution in [0.1, 0.15) is 37.3 Å². The summed E-state index contributed by atoms with van der Waals surface area (Å²) in [4.78, 5) is 19.6. The molecular weight excluding hydrogens is 334 g/mol. The van der Waals surface area contributed by atoms with Crippen molar-refractivity contribution in [1.82, 2.24) is 14.5 Å². The second-order valence-electron chi connectivity index (χ2n) is 6.90. The van der Waals surface area contributed by atoms with E-state index in [2.05, 4.69) is 24.1 Å². The fraction of sp³-hybridized carbons (Fsp3) is 0.444. The van der Waals surface area contributed by atoms with Crippen LogP contribution in [-0.4, -0.2) is 51.0 Å². The lowest BCUT2D eigenvalue weighted by Crippen LogP contribution is -2.51. The van der Waals surface area contributed by atoms with Crippen molar-refractivity contribution in [3.05, 3.63) is 41.9 Å². The van der Waals surface area contributed by atoms with E-state index >= 15 is 0 Å². The minimum absolute atomic E-state index is 0.0170. The Morgan fingerprint density at radius 3 is 2.50 bits per heavy atom. The second kappa shape index (κ2) is 7.06. The lowest BCUT2D eigenvalue weighted by atomic mass is 10.0. The molecule has 1 aliphatic rings. The number of hydrogen-bond donors (Lipinski definition) is 3. The maximum atomic E-state index is 12.4. The predicted molar refractivity (Wildman–Crippen MR) is 98.5 cm³/mol. The van der Waals surface area contributed by atoms with Gasteiger partial charge >= 0.3 is 0 Å². The van der Waals surface area contributed by atoms with Gasteiger partial charge in [-0.3, -0.25) is 4.79 Å². The summed E-state index contributed by atoms with van der Waals surface area (Å²) < 4.78 is 1.59. The predicted octanol–water partition coefficient (Wildman–Crippen LogP) is 1.29. The molecule has 1 amide bonds. The number of nitrogens with one attached hydrogen (secondary N) is 1. The van der Waals surface area contributed by atoms with E-state index in [-0.39, 0.29) is 12.5 Å². The number of amides is 1. The fourth-order valence-corrected chi connectivity index (χ4v) is 3.05. The van der Waals surface area contributed by atoms with Crippen molar-refractivity contribution in [2.24, 2.45) is 0 Å². The summed E-state index contributed by atoms with van der Waals surface area (Å²) in [7, 11) is 3.28. The van der Waals surface area contributed by atoms with Crippen LogP contribution in [-0.2, 0) is 11.3 Å². The van der Waals surface area contributed by atoms with Crippen LogP contribution in [0.2, 0.25) is 0 Å². The maximum Gasteiger partial charge on any atom is 0.244 e. The van der Waals surface area contributed by atoms with Crippen molar-refractivity contribution >= 4 is 17.4 Å². The average molecular weight is 359 g/mol. The Morgan fingerprint density at radius 2 is 1.88 bits per heavy atom. The first-order valence-corrected chi connectivity index (χ1v) is 8.55. The normalized spacial score (nSPS) is 20.3. The number of anilines is 2. The molecule has 0 radical (unpaired) electrons. The minimum Gasteiger partial charge on any atom is -0.372 e. The van der Waals surface area contributed by atoms with Gasteiger partial charge in [0.25, 0.3) is 0 Å². The summed E-state index contributed by atoms with van der Waals surface area (Å²) >= 11 is 0. The van der Waals surface area contributed by atoms with Crippen molar-refractivity contribution in [1.29, 1.82) is 0 Å². The third-order valence-corrected chi connectivity index (χ3v) is 4.71. The van der Waals surface area contributed by atoms with Gasteiger partial charge in [-0.15, -0.1) is 0 Å². The maximum absolute atomic E-state index is 12.4. The highest BCUT2D eigenvalue weighted by Gasteiger charge is 2.36. The van der Waals surface area contributed by atoms with E-state index in [0.717, 1.165) is 5.69 Å². The van der Waals surface area contributed by atoms with E-state index in [9.17, 15) is 15.0 Å². The Labute approximate surface area is 152 Å². The molecule has 1 aliphatic heterocycles. The summed E-state index contributed by atoms with van der Waals surface area (Å²) in [5.41, 5.74) is 2.41. The molecule has 0 spiro atoms. The van der Waals surface area contributed by atoms with Gasteiger partial charge in [0.05, 0.1) is 6.33 Å². The third-order valence-electron chi connectivity index (χ3n) is 4.71. The van der Waals surface area contributed by atoms with Gasteiger partial charge in [0.15, 0.2) is 18.4 Å². The number of benzene rings is 1. The first kappa shape index (κ1) is 18.4. The number of aromatic nitrogens is 2. The molecule has 2 heterocycles. The van der Waals surface area contributed by atoms with Crippen LogP contribution in [0.25, 0.3) is 0 Å². The molecule has 8 heteroatoms. The van der Waals surface area contributed by atoms with Gasteiger partial charge in [-0.25, -0.2) is 9.88 Å². The molecule has 2 aromatic rings. The molecule has 3 N–H and O–H groups in total. The van der Waals surface area contributed by atoms with Crippen LogP contribution in [0.4, 0.5) is 11.5 Å². The number of imidazole rings is 1. The van der Waals surface area contributed by atoms with Crippen LogP contribution in [0.5, 0.6) is 0 Å².